The highest BCUT2D eigenvalue weighted by Crippen LogP contribution is 2.24. The minimum absolute atomic E-state index is 0.00626. The molecule has 0 aliphatic heterocycles. The van der Waals surface area contributed by atoms with Crippen molar-refractivity contribution >= 4 is 23.7 Å². The quantitative estimate of drug-likeness (QED) is 0.667. The molecule has 8 nitrogen and oxygen atoms in total. The summed E-state index contributed by atoms with van der Waals surface area (Å²) in [5.74, 6) is 0.0764. The number of urea groups is 2. The third-order valence-corrected chi connectivity index (χ3v) is 4.01. The number of methoxy groups -OCH3 is 1. The van der Waals surface area contributed by atoms with Crippen molar-refractivity contribution < 1.29 is 19.1 Å². The molecule has 0 aromatic heterocycles. The Bertz CT molecular complexity index is 612. The first-order valence-corrected chi connectivity index (χ1v) is 7.80. The Morgan fingerprint density at radius 3 is 2.50 bits per heavy atom. The number of primary amides is 1. The summed E-state index contributed by atoms with van der Waals surface area (Å²) in [5, 5.41) is 7.74. The maximum Gasteiger partial charge on any atom is 0.319 e. The number of anilines is 1. The number of rotatable bonds is 4. The van der Waals surface area contributed by atoms with Crippen molar-refractivity contribution in [2.75, 3.05) is 12.4 Å². The van der Waals surface area contributed by atoms with Crippen molar-refractivity contribution in [1.82, 2.24) is 10.6 Å². The summed E-state index contributed by atoms with van der Waals surface area (Å²) in [4.78, 5) is 34.5. The topological polar surface area (TPSA) is 123 Å². The van der Waals surface area contributed by atoms with Crippen LogP contribution in [-0.2, 0) is 4.79 Å². The fourth-order valence-electron chi connectivity index (χ4n) is 2.78. The Kier molecular flexibility index (Phi) is 6.00. The SMILES string of the molecule is COc1cccc(NC(=O)NC2CCC(C(=O)NC(N)=O)CC2)c1. The first kappa shape index (κ1) is 17.6. The van der Waals surface area contributed by atoms with Gasteiger partial charge in [0.25, 0.3) is 0 Å². The predicted molar refractivity (Wildman–Crippen MR) is 88.6 cm³/mol. The molecule has 130 valence electrons. The molecule has 0 unspecified atom stereocenters. The molecule has 0 spiro atoms. The Balaban J connectivity index is 1.77. The van der Waals surface area contributed by atoms with Crippen molar-refractivity contribution in [2.24, 2.45) is 11.7 Å². The molecule has 0 saturated heterocycles. The van der Waals surface area contributed by atoms with Gasteiger partial charge in [0.15, 0.2) is 0 Å². The molecule has 0 bridgehead atoms. The highest BCUT2D eigenvalue weighted by Gasteiger charge is 2.27. The second-order valence-corrected chi connectivity index (χ2v) is 5.73. The standard InChI is InChI=1S/C16H22N4O4/c1-24-13-4-2-3-12(9-13)19-16(23)18-11-7-5-10(6-8-11)14(21)20-15(17)22/h2-4,9-11H,5-8H2,1H3,(H2,18,19,23)(H3,17,20,21,22). The van der Waals surface area contributed by atoms with Crippen molar-refractivity contribution in [1.29, 1.82) is 0 Å². The number of nitrogens with two attached hydrogens (primary N) is 1. The van der Waals surface area contributed by atoms with E-state index in [1.807, 2.05) is 0 Å². The van der Waals surface area contributed by atoms with Crippen molar-refractivity contribution in [3.8, 4) is 5.75 Å². The molecule has 8 heteroatoms. The number of carbonyl (C=O) groups is 3. The van der Waals surface area contributed by atoms with E-state index >= 15 is 0 Å². The van der Waals surface area contributed by atoms with E-state index in [0.29, 0.717) is 37.1 Å². The van der Waals surface area contributed by atoms with Crippen LogP contribution in [0.2, 0.25) is 0 Å². The van der Waals surface area contributed by atoms with Crippen LogP contribution in [0, 0.1) is 5.92 Å². The lowest BCUT2D eigenvalue weighted by Crippen LogP contribution is -2.44. The fourth-order valence-corrected chi connectivity index (χ4v) is 2.78. The van der Waals surface area contributed by atoms with Gasteiger partial charge in [-0.25, -0.2) is 9.59 Å². The average Bonchev–Trinajstić information content (AvgIpc) is 2.55. The van der Waals surface area contributed by atoms with E-state index in [1.54, 1.807) is 31.4 Å². The highest BCUT2D eigenvalue weighted by atomic mass is 16.5. The van der Waals surface area contributed by atoms with Gasteiger partial charge in [0.2, 0.25) is 5.91 Å². The van der Waals surface area contributed by atoms with Crippen molar-refractivity contribution in [2.45, 2.75) is 31.7 Å². The van der Waals surface area contributed by atoms with Gasteiger partial charge in [-0.2, -0.15) is 0 Å². The molecule has 1 aromatic carbocycles. The maximum absolute atomic E-state index is 12.0. The lowest BCUT2D eigenvalue weighted by molar-refractivity contribution is -0.124. The van der Waals surface area contributed by atoms with Gasteiger partial charge in [-0.05, 0) is 37.8 Å². The van der Waals surface area contributed by atoms with Gasteiger partial charge < -0.3 is 21.1 Å². The first-order chi connectivity index (χ1) is 11.5. The third-order valence-electron chi connectivity index (χ3n) is 4.01. The van der Waals surface area contributed by atoms with E-state index in [-0.39, 0.29) is 23.9 Å². The predicted octanol–water partition coefficient (Wildman–Crippen LogP) is 1.57. The van der Waals surface area contributed by atoms with E-state index in [0.717, 1.165) is 0 Å². The minimum Gasteiger partial charge on any atom is -0.497 e. The lowest BCUT2D eigenvalue weighted by atomic mass is 9.85. The van der Waals surface area contributed by atoms with Gasteiger partial charge in [0.05, 0.1) is 7.11 Å². The monoisotopic (exact) mass is 334 g/mol. The minimum atomic E-state index is -0.835. The number of hydrogen-bond acceptors (Lipinski definition) is 4. The molecule has 24 heavy (non-hydrogen) atoms. The second-order valence-electron chi connectivity index (χ2n) is 5.73. The van der Waals surface area contributed by atoms with Crippen LogP contribution in [0.4, 0.5) is 15.3 Å². The van der Waals surface area contributed by atoms with Gasteiger partial charge >= 0.3 is 12.1 Å². The molecule has 1 aromatic rings. The molecule has 0 atom stereocenters. The molecule has 5 amide bonds. The summed E-state index contributed by atoms with van der Waals surface area (Å²) in [6, 6.07) is 5.94. The number of imide groups is 1. The number of hydrogen-bond donors (Lipinski definition) is 4. The molecule has 1 aliphatic rings. The molecule has 1 saturated carbocycles. The van der Waals surface area contributed by atoms with Crippen molar-refractivity contribution in [3.05, 3.63) is 24.3 Å². The zero-order valence-corrected chi connectivity index (χ0v) is 13.5. The summed E-state index contributed by atoms with van der Waals surface area (Å²) in [6.07, 6.45) is 2.54. The highest BCUT2D eigenvalue weighted by molar-refractivity contribution is 5.94. The molecule has 2 rings (SSSR count). The molecular weight excluding hydrogens is 312 g/mol. The molecule has 1 fully saturated rings. The van der Waals surface area contributed by atoms with Crippen molar-refractivity contribution in [3.63, 3.8) is 0 Å². The fraction of sp³-hybridized carbons (Fsp3) is 0.438. The van der Waals surface area contributed by atoms with Gasteiger partial charge in [-0.3, -0.25) is 10.1 Å². The summed E-state index contributed by atoms with van der Waals surface area (Å²) in [5.41, 5.74) is 5.58. The van der Waals surface area contributed by atoms with Crippen LogP contribution in [0.15, 0.2) is 24.3 Å². The Morgan fingerprint density at radius 2 is 1.88 bits per heavy atom. The van der Waals surface area contributed by atoms with Crippen LogP contribution in [0.1, 0.15) is 25.7 Å². The summed E-state index contributed by atoms with van der Waals surface area (Å²) in [6.45, 7) is 0. The summed E-state index contributed by atoms with van der Waals surface area (Å²) in [7, 11) is 1.56. The summed E-state index contributed by atoms with van der Waals surface area (Å²) >= 11 is 0. The number of ether oxygens (including phenoxy) is 1. The van der Waals surface area contributed by atoms with Gasteiger partial charge in [0.1, 0.15) is 5.75 Å². The smallest absolute Gasteiger partial charge is 0.319 e. The van der Waals surface area contributed by atoms with E-state index in [2.05, 4.69) is 16.0 Å². The van der Waals surface area contributed by atoms with E-state index < -0.39 is 6.03 Å². The Morgan fingerprint density at radius 1 is 1.17 bits per heavy atom. The number of amides is 5. The Labute approximate surface area is 140 Å². The van der Waals surface area contributed by atoms with Crippen LogP contribution in [0.25, 0.3) is 0 Å². The normalized spacial score (nSPS) is 19.9. The first-order valence-electron chi connectivity index (χ1n) is 7.80. The third kappa shape index (κ3) is 5.15. The lowest BCUT2D eigenvalue weighted by Gasteiger charge is -2.28. The Hall–Kier alpha value is -2.77. The molecular formula is C16H22N4O4. The van der Waals surface area contributed by atoms with Gasteiger partial charge in [-0.1, -0.05) is 6.07 Å². The molecule has 5 N–H and O–H groups in total. The largest absolute Gasteiger partial charge is 0.497 e. The second kappa shape index (κ2) is 8.19. The zero-order valence-electron chi connectivity index (χ0n) is 13.5. The molecule has 0 radical (unpaired) electrons. The maximum atomic E-state index is 12.0. The summed E-state index contributed by atoms with van der Waals surface area (Å²) < 4.78 is 5.11. The number of benzene rings is 1. The van der Waals surface area contributed by atoms with Crippen LogP contribution in [0.5, 0.6) is 5.75 Å². The van der Waals surface area contributed by atoms with Gasteiger partial charge in [0, 0.05) is 23.7 Å². The van der Waals surface area contributed by atoms with Crippen LogP contribution in [0.3, 0.4) is 0 Å². The van der Waals surface area contributed by atoms with E-state index in [1.165, 1.54) is 0 Å². The van der Waals surface area contributed by atoms with Crippen LogP contribution >= 0.6 is 0 Å². The van der Waals surface area contributed by atoms with Gasteiger partial charge in [-0.15, -0.1) is 0 Å². The van der Waals surface area contributed by atoms with Crippen LogP contribution < -0.4 is 26.4 Å². The zero-order chi connectivity index (χ0) is 17.5. The molecule has 1 aliphatic carbocycles. The molecule has 0 heterocycles. The van der Waals surface area contributed by atoms with E-state index in [9.17, 15) is 14.4 Å². The van der Waals surface area contributed by atoms with Crippen LogP contribution in [-0.4, -0.2) is 31.1 Å². The number of carbonyl (C=O) groups excluding carboxylic acids is 3. The van der Waals surface area contributed by atoms with E-state index in [4.69, 9.17) is 10.5 Å². The average molecular weight is 334 g/mol. The number of nitrogens with one attached hydrogen (secondary N) is 3.